The molecule has 3 aromatic rings. The van der Waals surface area contributed by atoms with Crippen LogP contribution in [0.3, 0.4) is 0 Å². The number of aromatic amines is 1. The molecule has 0 saturated carbocycles. The van der Waals surface area contributed by atoms with E-state index in [1.807, 2.05) is 42.5 Å². The summed E-state index contributed by atoms with van der Waals surface area (Å²) >= 11 is 0. The van der Waals surface area contributed by atoms with Crippen LogP contribution in [-0.2, 0) is 6.54 Å². The minimum absolute atomic E-state index is 0.105. The van der Waals surface area contributed by atoms with Crippen LogP contribution in [0.2, 0.25) is 0 Å². The summed E-state index contributed by atoms with van der Waals surface area (Å²) in [6.07, 6.45) is 1.65. The molecule has 0 radical (unpaired) electrons. The summed E-state index contributed by atoms with van der Waals surface area (Å²) in [5.41, 5.74) is 1.10. The van der Waals surface area contributed by atoms with Gasteiger partial charge in [0, 0.05) is 31.4 Å². The highest BCUT2D eigenvalue weighted by Gasteiger charge is 2.29. The number of ether oxygens (including phenoxy) is 1. The molecule has 0 atom stereocenters. The first-order chi connectivity index (χ1) is 13.1. The Labute approximate surface area is 156 Å². The van der Waals surface area contributed by atoms with Gasteiger partial charge in [-0.05, 0) is 36.8 Å². The van der Waals surface area contributed by atoms with E-state index < -0.39 is 0 Å². The molecule has 138 valence electrons. The molecule has 0 aliphatic carbocycles. The molecule has 0 amide bonds. The molecular formula is C21H21N3O3. The summed E-state index contributed by atoms with van der Waals surface area (Å²) in [6.45, 7) is 4.10. The van der Waals surface area contributed by atoms with E-state index in [-0.39, 0.29) is 17.3 Å². The summed E-state index contributed by atoms with van der Waals surface area (Å²) in [4.78, 5) is 28.1. The summed E-state index contributed by atoms with van der Waals surface area (Å²) < 4.78 is 7.44. The van der Waals surface area contributed by atoms with Crippen molar-refractivity contribution in [2.75, 3.05) is 13.1 Å². The Hall–Kier alpha value is -3.12. The fourth-order valence-electron chi connectivity index (χ4n) is 3.25. The van der Waals surface area contributed by atoms with Crippen LogP contribution in [0.15, 0.2) is 70.4 Å². The molecule has 1 saturated heterocycles. The Kier molecular flexibility index (Phi) is 4.64. The van der Waals surface area contributed by atoms with Crippen molar-refractivity contribution >= 4 is 0 Å². The predicted octanol–water partition coefficient (Wildman–Crippen LogP) is 2.69. The van der Waals surface area contributed by atoms with E-state index in [2.05, 4.69) is 22.0 Å². The molecule has 1 fully saturated rings. The molecule has 2 aromatic carbocycles. The van der Waals surface area contributed by atoms with E-state index in [0.29, 0.717) is 5.56 Å². The third-order valence-electron chi connectivity index (χ3n) is 4.79. The van der Waals surface area contributed by atoms with Gasteiger partial charge in [-0.1, -0.05) is 30.3 Å². The summed E-state index contributed by atoms with van der Waals surface area (Å²) in [5, 5.41) is 0. The largest absolute Gasteiger partial charge is 0.457 e. The molecule has 2 heterocycles. The number of nitrogens with one attached hydrogen (secondary N) is 1. The highest BCUT2D eigenvalue weighted by atomic mass is 16.5. The molecule has 6 nitrogen and oxygen atoms in total. The average molecular weight is 363 g/mol. The Bertz CT molecular complexity index is 1030. The zero-order valence-corrected chi connectivity index (χ0v) is 15.1. The van der Waals surface area contributed by atoms with Crippen LogP contribution in [-0.4, -0.2) is 27.5 Å². The fourth-order valence-corrected chi connectivity index (χ4v) is 3.25. The number of nitrogens with zero attached hydrogens (tertiary/aromatic N) is 2. The number of hydrogen-bond acceptors (Lipinski definition) is 4. The SMILES string of the molecule is Cc1cn(C2CN(Cc3ccc(Oc4ccccc4)cc3)C2)c(=O)[nH]c1=O. The van der Waals surface area contributed by atoms with Crippen LogP contribution in [0, 0.1) is 6.92 Å². The molecule has 4 rings (SSSR count). The van der Waals surface area contributed by atoms with Crippen molar-refractivity contribution in [3.63, 3.8) is 0 Å². The normalized spacial score (nSPS) is 14.7. The second-order valence-electron chi connectivity index (χ2n) is 6.89. The molecule has 0 bridgehead atoms. The van der Waals surface area contributed by atoms with E-state index in [0.717, 1.165) is 31.1 Å². The van der Waals surface area contributed by atoms with E-state index in [9.17, 15) is 9.59 Å². The minimum atomic E-state index is -0.335. The zero-order chi connectivity index (χ0) is 18.8. The lowest BCUT2D eigenvalue weighted by Crippen LogP contribution is -2.50. The predicted molar refractivity (Wildman–Crippen MR) is 103 cm³/mol. The molecule has 1 aliphatic rings. The second kappa shape index (κ2) is 7.25. The number of benzene rings is 2. The Morgan fingerprint density at radius 1 is 1.00 bits per heavy atom. The third kappa shape index (κ3) is 3.85. The van der Waals surface area contributed by atoms with Gasteiger partial charge in [-0.2, -0.15) is 0 Å². The van der Waals surface area contributed by atoms with Crippen LogP contribution in [0.25, 0.3) is 0 Å². The van der Waals surface area contributed by atoms with Crippen LogP contribution >= 0.6 is 0 Å². The smallest absolute Gasteiger partial charge is 0.328 e. The van der Waals surface area contributed by atoms with Crippen molar-refractivity contribution in [3.8, 4) is 11.5 Å². The zero-order valence-electron chi connectivity index (χ0n) is 15.1. The maximum Gasteiger partial charge on any atom is 0.328 e. The van der Waals surface area contributed by atoms with Crippen molar-refractivity contribution in [2.45, 2.75) is 19.5 Å². The van der Waals surface area contributed by atoms with Crippen LogP contribution in [0.1, 0.15) is 17.2 Å². The number of aromatic nitrogens is 2. The molecule has 0 unspecified atom stereocenters. The van der Waals surface area contributed by atoms with Crippen LogP contribution < -0.4 is 16.0 Å². The lowest BCUT2D eigenvalue weighted by molar-refractivity contribution is 0.0954. The number of H-pyrrole nitrogens is 1. The van der Waals surface area contributed by atoms with Gasteiger partial charge in [0.2, 0.25) is 0 Å². The molecule has 6 heteroatoms. The molecular weight excluding hydrogens is 342 g/mol. The van der Waals surface area contributed by atoms with Gasteiger partial charge in [-0.25, -0.2) is 4.79 Å². The van der Waals surface area contributed by atoms with E-state index in [1.165, 1.54) is 5.56 Å². The molecule has 1 aliphatic heterocycles. The third-order valence-corrected chi connectivity index (χ3v) is 4.79. The average Bonchev–Trinajstić information content (AvgIpc) is 2.64. The summed E-state index contributed by atoms with van der Waals surface area (Å²) in [6, 6.07) is 17.9. The van der Waals surface area contributed by atoms with Gasteiger partial charge < -0.3 is 4.74 Å². The number of rotatable bonds is 5. The van der Waals surface area contributed by atoms with Crippen molar-refractivity contribution < 1.29 is 4.74 Å². The van der Waals surface area contributed by atoms with Gasteiger partial charge in [-0.15, -0.1) is 0 Å². The quantitative estimate of drug-likeness (QED) is 0.757. The van der Waals surface area contributed by atoms with Crippen molar-refractivity contribution in [1.82, 2.24) is 14.5 Å². The van der Waals surface area contributed by atoms with Gasteiger partial charge in [0.1, 0.15) is 11.5 Å². The summed E-state index contributed by atoms with van der Waals surface area (Å²) in [5.74, 6) is 1.62. The highest BCUT2D eigenvalue weighted by Crippen LogP contribution is 2.24. The molecule has 1 aromatic heterocycles. The number of para-hydroxylation sites is 1. The topological polar surface area (TPSA) is 67.3 Å². The Morgan fingerprint density at radius 3 is 2.37 bits per heavy atom. The van der Waals surface area contributed by atoms with Gasteiger partial charge in [0.25, 0.3) is 5.56 Å². The first kappa shape index (κ1) is 17.3. The monoisotopic (exact) mass is 363 g/mol. The lowest BCUT2D eigenvalue weighted by Gasteiger charge is -2.40. The van der Waals surface area contributed by atoms with E-state index >= 15 is 0 Å². The van der Waals surface area contributed by atoms with Crippen molar-refractivity contribution in [2.24, 2.45) is 0 Å². The van der Waals surface area contributed by atoms with Gasteiger partial charge in [0.05, 0.1) is 6.04 Å². The maximum atomic E-state index is 12.0. The minimum Gasteiger partial charge on any atom is -0.457 e. The molecule has 0 spiro atoms. The van der Waals surface area contributed by atoms with Crippen molar-refractivity contribution in [1.29, 1.82) is 0 Å². The number of hydrogen-bond donors (Lipinski definition) is 1. The first-order valence-corrected chi connectivity index (χ1v) is 8.95. The van der Waals surface area contributed by atoms with E-state index in [1.54, 1.807) is 17.7 Å². The second-order valence-corrected chi connectivity index (χ2v) is 6.89. The molecule has 1 N–H and O–H groups in total. The van der Waals surface area contributed by atoms with Gasteiger partial charge >= 0.3 is 5.69 Å². The molecule has 27 heavy (non-hydrogen) atoms. The van der Waals surface area contributed by atoms with Gasteiger partial charge in [0.15, 0.2) is 0 Å². The highest BCUT2D eigenvalue weighted by molar-refractivity contribution is 5.33. The fraction of sp³-hybridized carbons (Fsp3) is 0.238. The van der Waals surface area contributed by atoms with Crippen molar-refractivity contribution in [3.05, 3.63) is 92.8 Å². The first-order valence-electron chi connectivity index (χ1n) is 8.95. The Morgan fingerprint density at radius 2 is 1.67 bits per heavy atom. The van der Waals surface area contributed by atoms with Crippen LogP contribution in [0.4, 0.5) is 0 Å². The standard InChI is InChI=1S/C21H21N3O3/c1-15-11-24(21(26)22-20(15)25)17-13-23(14-17)12-16-7-9-19(10-8-16)27-18-5-3-2-4-6-18/h2-11,17H,12-14H2,1H3,(H,22,25,26). The van der Waals surface area contributed by atoms with Gasteiger partial charge in [-0.3, -0.25) is 19.2 Å². The maximum absolute atomic E-state index is 12.0. The number of aryl methyl sites for hydroxylation is 1. The number of likely N-dealkylation sites (tertiary alicyclic amines) is 1. The summed E-state index contributed by atoms with van der Waals surface area (Å²) in [7, 11) is 0. The lowest BCUT2D eigenvalue weighted by atomic mass is 10.1. The van der Waals surface area contributed by atoms with Crippen LogP contribution in [0.5, 0.6) is 11.5 Å². The Balaban J connectivity index is 1.34. The van der Waals surface area contributed by atoms with E-state index in [4.69, 9.17) is 4.74 Å².